The maximum Gasteiger partial charge on any atom is 0.331 e. The van der Waals surface area contributed by atoms with E-state index in [1.54, 1.807) is 19.4 Å². The van der Waals surface area contributed by atoms with Crippen molar-refractivity contribution >= 4 is 28.5 Å². The van der Waals surface area contributed by atoms with Crippen molar-refractivity contribution in [3.05, 3.63) is 18.0 Å². The third-order valence-corrected chi connectivity index (χ3v) is 4.63. The average molecular weight is 399 g/mol. The molecule has 0 fully saturated rings. The number of hydrogen-bond donors (Lipinski definition) is 2. The van der Waals surface area contributed by atoms with Crippen molar-refractivity contribution in [2.24, 2.45) is 4.99 Å². The fourth-order valence-corrected chi connectivity index (χ4v) is 3.23. The van der Waals surface area contributed by atoms with Crippen LogP contribution in [0.15, 0.2) is 17.3 Å². The normalized spacial score (nSPS) is 16.2. The molecule has 0 amide bonds. The van der Waals surface area contributed by atoms with Crippen molar-refractivity contribution in [3.8, 4) is 5.75 Å². The third-order valence-electron chi connectivity index (χ3n) is 3.57. The first kappa shape index (κ1) is 21.4. The molecule has 1 aliphatic heterocycles. The first-order valence-corrected chi connectivity index (χ1v) is 9.50. The Balaban J connectivity index is 1.73. The van der Waals surface area contributed by atoms with E-state index in [0.717, 1.165) is 0 Å². The largest absolute Gasteiger partial charge is 0.506 e. The minimum absolute atomic E-state index is 0.00391. The number of carbonyl (C=O) groups is 1. The van der Waals surface area contributed by atoms with Crippen LogP contribution in [0.1, 0.15) is 5.69 Å². The Labute approximate surface area is 162 Å². The summed E-state index contributed by atoms with van der Waals surface area (Å²) < 4.78 is 20.3. The second-order valence-corrected chi connectivity index (χ2v) is 6.53. The lowest BCUT2D eigenvalue weighted by Crippen LogP contribution is -2.19. The fourth-order valence-electron chi connectivity index (χ4n) is 2.21. The van der Waals surface area contributed by atoms with Crippen LogP contribution in [-0.4, -0.2) is 86.7 Å². The van der Waals surface area contributed by atoms with Gasteiger partial charge in [-0.2, -0.15) is 0 Å². The molecule has 0 saturated carbocycles. The molecule has 0 unspecified atom stereocenters. The monoisotopic (exact) mass is 399 g/mol. The predicted octanol–water partition coefficient (Wildman–Crippen LogP) is 0.914. The molecule has 0 aromatic carbocycles. The minimum Gasteiger partial charge on any atom is -0.506 e. The van der Waals surface area contributed by atoms with Gasteiger partial charge in [-0.1, -0.05) is 0 Å². The Bertz CT molecular complexity index is 643. The van der Waals surface area contributed by atoms with Gasteiger partial charge in [0.2, 0.25) is 0 Å². The summed E-state index contributed by atoms with van der Waals surface area (Å²) in [4.78, 5) is 20.0. The lowest BCUT2D eigenvalue weighted by atomic mass is 10.3. The van der Waals surface area contributed by atoms with Crippen LogP contribution in [0, 0.1) is 0 Å². The Morgan fingerprint density at radius 2 is 2.00 bits per heavy atom. The average Bonchev–Trinajstić information content (AvgIpc) is 3.16. The summed E-state index contributed by atoms with van der Waals surface area (Å²) in [5.41, 5.74) is 1.03. The van der Waals surface area contributed by atoms with Crippen molar-refractivity contribution in [1.29, 1.82) is 0 Å². The molecule has 1 aromatic heterocycles. The number of esters is 1. The second-order valence-electron chi connectivity index (χ2n) is 5.52. The quantitative estimate of drug-likeness (QED) is 0.391. The first-order valence-electron chi connectivity index (χ1n) is 8.51. The standard InChI is InChI=1S/C17H25N3O6S/c1-23-5-6-26-8-7-25-4-3-18-12-9-14(21)15(19-10-12)16-20-13(11-27-16)17(22)24-2/h9-10,13,18,21H,3-8,11H2,1-2H3/t13-/m1/s1. The molecule has 9 nitrogen and oxygen atoms in total. The molecule has 27 heavy (non-hydrogen) atoms. The predicted molar refractivity (Wildman–Crippen MR) is 103 cm³/mol. The van der Waals surface area contributed by atoms with Crippen LogP contribution in [0.25, 0.3) is 0 Å². The molecule has 1 aromatic rings. The number of methoxy groups -OCH3 is 2. The number of anilines is 1. The van der Waals surface area contributed by atoms with Crippen molar-refractivity contribution in [3.63, 3.8) is 0 Å². The molecule has 0 aliphatic carbocycles. The van der Waals surface area contributed by atoms with E-state index in [4.69, 9.17) is 14.2 Å². The molecule has 0 radical (unpaired) electrons. The lowest BCUT2D eigenvalue weighted by molar-refractivity contribution is -0.141. The fraction of sp³-hybridized carbons (Fsp3) is 0.588. The maximum atomic E-state index is 11.5. The summed E-state index contributed by atoms with van der Waals surface area (Å²) in [6.07, 6.45) is 1.61. The number of ether oxygens (including phenoxy) is 4. The van der Waals surface area contributed by atoms with Gasteiger partial charge in [0.1, 0.15) is 16.5 Å². The van der Waals surface area contributed by atoms with Gasteiger partial charge in [0.25, 0.3) is 0 Å². The van der Waals surface area contributed by atoms with Crippen LogP contribution in [0.4, 0.5) is 5.69 Å². The summed E-state index contributed by atoms with van der Waals surface area (Å²) in [5.74, 6) is 0.0962. The van der Waals surface area contributed by atoms with Gasteiger partial charge in [0, 0.05) is 25.5 Å². The number of pyridine rings is 1. The van der Waals surface area contributed by atoms with Crippen molar-refractivity contribution in [2.45, 2.75) is 6.04 Å². The molecule has 0 spiro atoms. The molecule has 0 bridgehead atoms. The summed E-state index contributed by atoms with van der Waals surface area (Å²) in [5, 5.41) is 13.9. The number of aromatic hydroxyl groups is 1. The van der Waals surface area contributed by atoms with Gasteiger partial charge in [-0.15, -0.1) is 11.8 Å². The number of aliphatic imine (C=N–C) groups is 1. The van der Waals surface area contributed by atoms with E-state index in [-0.39, 0.29) is 11.7 Å². The molecule has 2 heterocycles. The molecule has 1 atom stereocenters. The summed E-state index contributed by atoms with van der Waals surface area (Å²) in [7, 11) is 2.96. The number of thioether (sulfide) groups is 1. The molecule has 150 valence electrons. The van der Waals surface area contributed by atoms with E-state index in [1.807, 2.05) is 0 Å². The van der Waals surface area contributed by atoms with E-state index in [0.29, 0.717) is 61.8 Å². The molecule has 2 rings (SSSR count). The van der Waals surface area contributed by atoms with Crippen molar-refractivity contribution < 1.29 is 28.8 Å². The van der Waals surface area contributed by atoms with Crippen LogP contribution in [-0.2, 0) is 23.7 Å². The zero-order chi connectivity index (χ0) is 19.5. The second kappa shape index (κ2) is 11.8. The van der Waals surface area contributed by atoms with Gasteiger partial charge in [0.05, 0.1) is 52.0 Å². The Kier molecular flexibility index (Phi) is 9.32. The number of hydrogen-bond acceptors (Lipinski definition) is 10. The van der Waals surface area contributed by atoms with Gasteiger partial charge in [-0.05, 0) is 0 Å². The molecule has 2 N–H and O–H groups in total. The van der Waals surface area contributed by atoms with E-state index in [1.165, 1.54) is 18.9 Å². The molecular weight excluding hydrogens is 374 g/mol. The number of aromatic nitrogens is 1. The van der Waals surface area contributed by atoms with Gasteiger partial charge >= 0.3 is 5.97 Å². The Morgan fingerprint density at radius 3 is 2.70 bits per heavy atom. The van der Waals surface area contributed by atoms with Crippen molar-refractivity contribution in [1.82, 2.24) is 4.98 Å². The van der Waals surface area contributed by atoms with Crippen molar-refractivity contribution in [2.75, 3.05) is 64.9 Å². The molecular formula is C17H25N3O6S. The van der Waals surface area contributed by atoms with Crippen LogP contribution in [0.3, 0.4) is 0 Å². The number of nitrogens with zero attached hydrogens (tertiary/aromatic N) is 2. The summed E-state index contributed by atoms with van der Waals surface area (Å²) >= 11 is 1.37. The Morgan fingerprint density at radius 1 is 1.26 bits per heavy atom. The molecule has 1 aliphatic rings. The topological polar surface area (TPSA) is 112 Å². The first-order chi connectivity index (χ1) is 13.2. The summed E-state index contributed by atoms with van der Waals surface area (Å²) in [6, 6.07) is 1.02. The van der Waals surface area contributed by atoms with Gasteiger partial charge in [-0.3, -0.25) is 4.99 Å². The van der Waals surface area contributed by atoms with E-state index in [2.05, 4.69) is 20.0 Å². The van der Waals surface area contributed by atoms with E-state index < -0.39 is 6.04 Å². The highest BCUT2D eigenvalue weighted by Gasteiger charge is 2.28. The zero-order valence-electron chi connectivity index (χ0n) is 15.5. The van der Waals surface area contributed by atoms with E-state index >= 15 is 0 Å². The SMILES string of the molecule is COCCOCCOCCNc1cnc(C2=N[C@@H](C(=O)OC)CS2)c(O)c1. The number of nitrogens with one attached hydrogen (secondary N) is 1. The Hall–Kier alpha value is -1.88. The molecule has 10 heteroatoms. The minimum atomic E-state index is -0.551. The van der Waals surface area contributed by atoms with Gasteiger partial charge in [-0.25, -0.2) is 9.78 Å². The van der Waals surface area contributed by atoms with Crippen LogP contribution in [0.5, 0.6) is 5.75 Å². The molecule has 0 saturated heterocycles. The number of rotatable bonds is 12. The van der Waals surface area contributed by atoms with Crippen LogP contribution >= 0.6 is 11.8 Å². The van der Waals surface area contributed by atoms with Crippen LogP contribution in [0.2, 0.25) is 0 Å². The van der Waals surface area contributed by atoms with E-state index in [9.17, 15) is 9.90 Å². The zero-order valence-corrected chi connectivity index (χ0v) is 16.3. The highest BCUT2D eigenvalue weighted by molar-refractivity contribution is 8.14. The highest BCUT2D eigenvalue weighted by atomic mass is 32.2. The van der Waals surface area contributed by atoms with Crippen LogP contribution < -0.4 is 5.32 Å². The third kappa shape index (κ3) is 6.98. The lowest BCUT2D eigenvalue weighted by Gasteiger charge is -2.09. The summed E-state index contributed by atoms with van der Waals surface area (Å²) in [6.45, 7) is 3.22. The number of carbonyl (C=O) groups excluding carboxylic acids is 1. The smallest absolute Gasteiger partial charge is 0.331 e. The maximum absolute atomic E-state index is 11.5. The highest BCUT2D eigenvalue weighted by Crippen LogP contribution is 2.29. The van der Waals surface area contributed by atoms with Gasteiger partial charge in [0.15, 0.2) is 6.04 Å². The van der Waals surface area contributed by atoms with Gasteiger partial charge < -0.3 is 29.4 Å².